The number of hydrogen-bond donors (Lipinski definition) is 1. The number of nitrogens with one attached hydrogen (secondary N) is 1. The molecule has 0 saturated carbocycles. The van der Waals surface area contributed by atoms with Crippen molar-refractivity contribution in [1.29, 1.82) is 5.26 Å². The summed E-state index contributed by atoms with van der Waals surface area (Å²) in [6.45, 7) is 1.41. The molecule has 134 valence electrons. The minimum absolute atomic E-state index is 0.0972. The van der Waals surface area contributed by atoms with Crippen LogP contribution in [-0.4, -0.2) is 27.0 Å². The zero-order chi connectivity index (χ0) is 19.0. The highest BCUT2D eigenvalue weighted by molar-refractivity contribution is 6.07. The van der Waals surface area contributed by atoms with Gasteiger partial charge >= 0.3 is 6.03 Å². The lowest BCUT2D eigenvalue weighted by Gasteiger charge is -2.22. The van der Waals surface area contributed by atoms with Crippen molar-refractivity contribution in [2.75, 3.05) is 0 Å². The van der Waals surface area contributed by atoms with Gasteiger partial charge in [0.25, 0.3) is 5.91 Å². The molecule has 1 aliphatic rings. The molecule has 2 aromatic heterocycles. The quantitative estimate of drug-likeness (QED) is 0.704. The number of rotatable bonds is 4. The van der Waals surface area contributed by atoms with E-state index in [4.69, 9.17) is 14.2 Å². The Morgan fingerprint density at radius 2 is 2.15 bits per heavy atom. The van der Waals surface area contributed by atoms with E-state index in [1.807, 2.05) is 6.07 Å². The molecule has 1 fully saturated rings. The van der Waals surface area contributed by atoms with Gasteiger partial charge in [0, 0.05) is 0 Å². The molecule has 0 unspecified atom stereocenters. The van der Waals surface area contributed by atoms with Crippen LogP contribution in [0, 0.1) is 11.3 Å². The van der Waals surface area contributed by atoms with Gasteiger partial charge in [0.2, 0.25) is 11.7 Å². The summed E-state index contributed by atoms with van der Waals surface area (Å²) in [5.41, 5.74) is -0.369. The Morgan fingerprint density at radius 3 is 2.89 bits per heavy atom. The number of imide groups is 1. The van der Waals surface area contributed by atoms with E-state index in [0.717, 1.165) is 4.90 Å². The van der Waals surface area contributed by atoms with Crippen LogP contribution in [0.3, 0.4) is 0 Å². The molecule has 0 spiro atoms. The molecule has 0 aliphatic carbocycles. The van der Waals surface area contributed by atoms with Crippen LogP contribution in [0.2, 0.25) is 0 Å². The van der Waals surface area contributed by atoms with Crippen LogP contribution < -0.4 is 5.32 Å². The van der Waals surface area contributed by atoms with Gasteiger partial charge in [-0.3, -0.25) is 9.69 Å². The second-order valence-electron chi connectivity index (χ2n) is 6.13. The van der Waals surface area contributed by atoms with Crippen molar-refractivity contribution in [2.45, 2.75) is 19.0 Å². The lowest BCUT2D eigenvalue weighted by molar-refractivity contribution is -0.131. The van der Waals surface area contributed by atoms with Gasteiger partial charge in [-0.1, -0.05) is 17.3 Å². The van der Waals surface area contributed by atoms with Crippen LogP contribution in [-0.2, 0) is 16.9 Å². The third-order valence-electron chi connectivity index (χ3n) is 4.35. The number of nitrogens with zero attached hydrogens (tertiary/aromatic N) is 4. The van der Waals surface area contributed by atoms with Gasteiger partial charge in [0.15, 0.2) is 5.76 Å². The van der Waals surface area contributed by atoms with Gasteiger partial charge in [-0.25, -0.2) is 4.79 Å². The van der Waals surface area contributed by atoms with Crippen LogP contribution in [0.25, 0.3) is 11.6 Å². The van der Waals surface area contributed by atoms with Gasteiger partial charge in [0.05, 0.1) is 17.9 Å². The molecule has 1 atom stereocenters. The Labute approximate surface area is 153 Å². The molecule has 3 amide bonds. The monoisotopic (exact) mass is 363 g/mol. The second kappa shape index (κ2) is 6.10. The van der Waals surface area contributed by atoms with E-state index in [1.165, 1.54) is 6.26 Å². The van der Waals surface area contributed by atoms with Gasteiger partial charge in [-0.15, -0.1) is 0 Å². The van der Waals surface area contributed by atoms with Crippen molar-refractivity contribution in [3.8, 4) is 17.7 Å². The average molecular weight is 363 g/mol. The third kappa shape index (κ3) is 2.73. The molecule has 27 heavy (non-hydrogen) atoms. The minimum atomic E-state index is -1.28. The fraction of sp³-hybridized carbons (Fsp3) is 0.167. The summed E-state index contributed by atoms with van der Waals surface area (Å²) >= 11 is 0. The van der Waals surface area contributed by atoms with Crippen LogP contribution in [0.1, 0.15) is 23.9 Å². The predicted octanol–water partition coefficient (Wildman–Crippen LogP) is 2.17. The van der Waals surface area contributed by atoms with Crippen molar-refractivity contribution in [1.82, 2.24) is 20.4 Å². The summed E-state index contributed by atoms with van der Waals surface area (Å²) < 4.78 is 10.3. The van der Waals surface area contributed by atoms with E-state index in [0.29, 0.717) is 16.9 Å². The first kappa shape index (κ1) is 16.5. The highest BCUT2D eigenvalue weighted by atomic mass is 16.5. The minimum Gasteiger partial charge on any atom is -0.461 e. The molecular formula is C18H13N5O4. The summed E-state index contributed by atoms with van der Waals surface area (Å²) in [4.78, 5) is 30.5. The highest BCUT2D eigenvalue weighted by Crippen LogP contribution is 2.30. The number of furan rings is 1. The number of aromatic nitrogens is 2. The maximum Gasteiger partial charge on any atom is 0.325 e. The van der Waals surface area contributed by atoms with Crippen LogP contribution >= 0.6 is 0 Å². The first-order valence-corrected chi connectivity index (χ1v) is 8.02. The normalized spacial score (nSPS) is 19.2. The number of urea groups is 1. The summed E-state index contributed by atoms with van der Waals surface area (Å²) in [6.07, 6.45) is 1.48. The number of carbonyl (C=O) groups is 2. The molecule has 0 bridgehead atoms. The zero-order valence-corrected chi connectivity index (χ0v) is 14.2. The van der Waals surface area contributed by atoms with Crippen LogP contribution in [0.15, 0.2) is 51.6 Å². The molecule has 4 rings (SSSR count). The third-order valence-corrected chi connectivity index (χ3v) is 4.35. The fourth-order valence-electron chi connectivity index (χ4n) is 2.90. The predicted molar refractivity (Wildman–Crippen MR) is 89.6 cm³/mol. The summed E-state index contributed by atoms with van der Waals surface area (Å²) in [5.74, 6) is 0.271. The molecule has 1 N–H and O–H groups in total. The summed E-state index contributed by atoms with van der Waals surface area (Å²) in [6, 6.07) is 11.3. The number of hydrogen-bond acceptors (Lipinski definition) is 7. The Hall–Kier alpha value is -3.93. The number of benzene rings is 1. The molecule has 0 radical (unpaired) electrons. The van der Waals surface area contributed by atoms with E-state index in [1.54, 1.807) is 43.3 Å². The van der Waals surface area contributed by atoms with Crippen molar-refractivity contribution in [3.05, 3.63) is 59.7 Å². The van der Waals surface area contributed by atoms with Crippen molar-refractivity contribution < 1.29 is 18.5 Å². The number of amides is 3. The number of carbonyl (C=O) groups excluding carboxylic acids is 2. The maximum atomic E-state index is 12.9. The summed E-state index contributed by atoms with van der Waals surface area (Å²) in [7, 11) is 0. The van der Waals surface area contributed by atoms with Crippen molar-refractivity contribution >= 4 is 11.9 Å². The van der Waals surface area contributed by atoms with Gasteiger partial charge in [-0.2, -0.15) is 10.2 Å². The zero-order valence-electron chi connectivity index (χ0n) is 14.2. The van der Waals surface area contributed by atoms with E-state index >= 15 is 0 Å². The van der Waals surface area contributed by atoms with Gasteiger partial charge in [0.1, 0.15) is 12.1 Å². The van der Waals surface area contributed by atoms with E-state index in [-0.39, 0.29) is 18.3 Å². The molecule has 1 aromatic carbocycles. The summed E-state index contributed by atoms with van der Waals surface area (Å²) in [5, 5.41) is 15.5. The van der Waals surface area contributed by atoms with Crippen molar-refractivity contribution in [3.63, 3.8) is 0 Å². The first-order chi connectivity index (χ1) is 13.0. The van der Waals surface area contributed by atoms with Gasteiger partial charge < -0.3 is 14.3 Å². The Morgan fingerprint density at radius 1 is 1.30 bits per heavy atom. The standard InChI is InChI=1S/C18H13N5O4/c1-18(12-5-2-4-11(8-12)9-19)16(24)23(17(25)21-18)10-14-20-15(22-27-14)13-6-3-7-26-13/h2-8H,10H2,1H3,(H,21,25)/t18-/m0/s1. The topological polar surface area (TPSA) is 125 Å². The van der Waals surface area contributed by atoms with Crippen molar-refractivity contribution in [2.24, 2.45) is 0 Å². The van der Waals surface area contributed by atoms with Crippen LogP contribution in [0.5, 0.6) is 0 Å². The number of nitriles is 1. The molecule has 1 aliphatic heterocycles. The fourth-order valence-corrected chi connectivity index (χ4v) is 2.90. The van der Waals surface area contributed by atoms with E-state index in [9.17, 15) is 9.59 Å². The van der Waals surface area contributed by atoms with E-state index in [2.05, 4.69) is 15.5 Å². The molecule has 1 saturated heterocycles. The van der Waals surface area contributed by atoms with Crippen LogP contribution in [0.4, 0.5) is 4.79 Å². The average Bonchev–Trinajstić information content (AvgIpc) is 3.40. The lowest BCUT2D eigenvalue weighted by Crippen LogP contribution is -2.40. The first-order valence-electron chi connectivity index (χ1n) is 8.02. The van der Waals surface area contributed by atoms with Gasteiger partial charge in [-0.05, 0) is 36.8 Å². The second-order valence-corrected chi connectivity index (χ2v) is 6.13. The Balaban J connectivity index is 1.59. The largest absolute Gasteiger partial charge is 0.461 e. The maximum absolute atomic E-state index is 12.9. The molecule has 3 aromatic rings. The molecule has 9 nitrogen and oxygen atoms in total. The smallest absolute Gasteiger partial charge is 0.325 e. The molecular weight excluding hydrogens is 350 g/mol. The molecule has 3 heterocycles. The Kier molecular flexibility index (Phi) is 3.74. The van der Waals surface area contributed by atoms with E-state index < -0.39 is 17.5 Å². The lowest BCUT2D eigenvalue weighted by atomic mass is 9.91. The molecule has 9 heteroatoms. The highest BCUT2D eigenvalue weighted by Gasteiger charge is 2.49. The Bertz CT molecular complexity index is 1070. The SMILES string of the molecule is C[C@@]1(c2cccc(C#N)c2)NC(=O)N(Cc2nc(-c3ccco3)no2)C1=O.